The van der Waals surface area contributed by atoms with E-state index in [-0.39, 0.29) is 5.15 Å². The van der Waals surface area contributed by atoms with E-state index in [0.29, 0.717) is 30.7 Å². The Hall–Kier alpha value is -0.840. The summed E-state index contributed by atoms with van der Waals surface area (Å²) in [5.41, 5.74) is 0.218. The summed E-state index contributed by atoms with van der Waals surface area (Å²) in [6.45, 7) is 1.83. The fourth-order valence-corrected chi connectivity index (χ4v) is 2.63. The van der Waals surface area contributed by atoms with E-state index in [4.69, 9.17) is 16.3 Å². The molecule has 17 heavy (non-hydrogen) atoms. The van der Waals surface area contributed by atoms with E-state index in [1.807, 2.05) is 6.92 Å². The van der Waals surface area contributed by atoms with E-state index >= 15 is 0 Å². The molecule has 1 aliphatic carbocycles. The molecule has 5 heteroatoms. The molecule has 2 atom stereocenters. The zero-order valence-corrected chi connectivity index (χ0v) is 10.7. The molecule has 0 aliphatic heterocycles. The molecule has 4 nitrogen and oxygen atoms in total. The van der Waals surface area contributed by atoms with Gasteiger partial charge in [0.05, 0.1) is 13.2 Å². The molecule has 0 fully saturated rings. The molecule has 0 saturated heterocycles. The van der Waals surface area contributed by atoms with Crippen LogP contribution in [-0.4, -0.2) is 28.4 Å². The molecule has 1 aliphatic rings. The second kappa shape index (κ2) is 4.44. The molecule has 1 aromatic rings. The summed E-state index contributed by atoms with van der Waals surface area (Å²) in [5.74, 6) is 0.436. The number of aliphatic hydroxyl groups excluding tert-OH is 1. The maximum absolute atomic E-state index is 10.6. The van der Waals surface area contributed by atoms with Gasteiger partial charge >= 0.3 is 0 Å². The number of aromatic nitrogens is 1. The fraction of sp³-hybridized carbons (Fsp3) is 0.583. The average molecular weight is 258 g/mol. The zero-order valence-electron chi connectivity index (χ0n) is 9.90. The van der Waals surface area contributed by atoms with Crippen molar-refractivity contribution in [1.82, 2.24) is 4.98 Å². The molecule has 0 radical (unpaired) electrons. The molecule has 2 unspecified atom stereocenters. The van der Waals surface area contributed by atoms with Crippen LogP contribution in [0.15, 0.2) is 6.07 Å². The number of ether oxygens (including phenoxy) is 1. The molecular formula is C12H16ClNO3. The van der Waals surface area contributed by atoms with Crippen molar-refractivity contribution in [2.24, 2.45) is 0 Å². The third-order valence-corrected chi connectivity index (χ3v) is 3.67. The van der Waals surface area contributed by atoms with Gasteiger partial charge in [0.1, 0.15) is 10.8 Å². The monoisotopic (exact) mass is 257 g/mol. The summed E-state index contributed by atoms with van der Waals surface area (Å²) in [5, 5.41) is 20.8. The van der Waals surface area contributed by atoms with Crippen LogP contribution in [0.2, 0.25) is 5.15 Å². The van der Waals surface area contributed by atoms with Crippen LogP contribution in [0.5, 0.6) is 5.88 Å². The van der Waals surface area contributed by atoms with Crippen LogP contribution in [0.4, 0.5) is 0 Å². The molecule has 94 valence electrons. The number of pyridine rings is 1. The summed E-state index contributed by atoms with van der Waals surface area (Å²) >= 11 is 5.91. The maximum Gasteiger partial charge on any atom is 0.218 e. The zero-order chi connectivity index (χ0) is 12.6. The summed E-state index contributed by atoms with van der Waals surface area (Å²) < 4.78 is 5.18. The van der Waals surface area contributed by atoms with Crippen LogP contribution >= 0.6 is 11.6 Å². The van der Waals surface area contributed by atoms with E-state index < -0.39 is 11.7 Å². The summed E-state index contributed by atoms with van der Waals surface area (Å²) in [6, 6.07) is 1.62. The molecular weight excluding hydrogens is 242 g/mol. The van der Waals surface area contributed by atoms with Crippen LogP contribution in [0.25, 0.3) is 0 Å². The van der Waals surface area contributed by atoms with Crippen molar-refractivity contribution in [3.63, 3.8) is 0 Å². The highest BCUT2D eigenvalue weighted by atomic mass is 35.5. The highest BCUT2D eigenvalue weighted by Gasteiger charge is 2.42. The Morgan fingerprint density at radius 2 is 2.35 bits per heavy atom. The van der Waals surface area contributed by atoms with Gasteiger partial charge in [0, 0.05) is 5.56 Å². The molecule has 0 saturated carbocycles. The van der Waals surface area contributed by atoms with E-state index in [1.165, 1.54) is 7.11 Å². The van der Waals surface area contributed by atoms with Crippen molar-refractivity contribution >= 4 is 11.6 Å². The Bertz CT molecular complexity index is 438. The summed E-state index contributed by atoms with van der Waals surface area (Å²) in [7, 11) is 1.52. The first-order chi connectivity index (χ1) is 8.02. The predicted octanol–water partition coefficient (Wildman–Crippen LogP) is 1.65. The van der Waals surface area contributed by atoms with Gasteiger partial charge in [0.15, 0.2) is 0 Å². The van der Waals surface area contributed by atoms with Gasteiger partial charge in [-0.3, -0.25) is 0 Å². The lowest BCUT2D eigenvalue weighted by Gasteiger charge is -2.38. The third-order valence-electron chi connectivity index (χ3n) is 3.47. The van der Waals surface area contributed by atoms with Gasteiger partial charge in [-0.2, -0.15) is 0 Å². The minimum Gasteiger partial charge on any atom is -0.481 e. The average Bonchev–Trinajstić information content (AvgIpc) is 2.33. The van der Waals surface area contributed by atoms with Crippen LogP contribution in [0.3, 0.4) is 0 Å². The van der Waals surface area contributed by atoms with Crippen LogP contribution in [0, 0.1) is 0 Å². The Kier molecular flexibility index (Phi) is 3.30. The minimum atomic E-state index is -1.26. The SMILES string of the molecule is CCC1(O)c2cc(Cl)nc(OC)c2CCC1O. The number of hydrogen-bond donors (Lipinski definition) is 2. The lowest BCUT2D eigenvalue weighted by atomic mass is 9.76. The fourth-order valence-electron chi connectivity index (χ4n) is 2.44. The first-order valence-corrected chi connectivity index (χ1v) is 6.05. The van der Waals surface area contributed by atoms with Crippen molar-refractivity contribution in [2.75, 3.05) is 7.11 Å². The minimum absolute atomic E-state index is 0.265. The largest absolute Gasteiger partial charge is 0.481 e. The van der Waals surface area contributed by atoms with Crippen molar-refractivity contribution in [2.45, 2.75) is 37.9 Å². The smallest absolute Gasteiger partial charge is 0.218 e. The van der Waals surface area contributed by atoms with Crippen LogP contribution in [-0.2, 0) is 12.0 Å². The van der Waals surface area contributed by atoms with Crippen molar-refractivity contribution in [3.05, 3.63) is 22.3 Å². The number of aliphatic hydroxyl groups is 2. The molecule has 1 heterocycles. The van der Waals surface area contributed by atoms with Gasteiger partial charge in [-0.05, 0) is 30.9 Å². The Morgan fingerprint density at radius 3 is 2.94 bits per heavy atom. The summed E-state index contributed by atoms with van der Waals surface area (Å²) in [6.07, 6.45) is 0.775. The van der Waals surface area contributed by atoms with E-state index in [2.05, 4.69) is 4.98 Å². The van der Waals surface area contributed by atoms with Gasteiger partial charge < -0.3 is 14.9 Å². The van der Waals surface area contributed by atoms with Gasteiger partial charge in [-0.15, -0.1) is 0 Å². The Morgan fingerprint density at radius 1 is 1.65 bits per heavy atom. The van der Waals surface area contributed by atoms with Crippen molar-refractivity contribution < 1.29 is 14.9 Å². The van der Waals surface area contributed by atoms with Crippen LogP contribution in [0.1, 0.15) is 30.9 Å². The second-order valence-electron chi connectivity index (χ2n) is 4.31. The quantitative estimate of drug-likeness (QED) is 0.791. The first-order valence-electron chi connectivity index (χ1n) is 5.67. The van der Waals surface area contributed by atoms with Gasteiger partial charge in [0.25, 0.3) is 0 Å². The highest BCUT2D eigenvalue weighted by molar-refractivity contribution is 6.29. The van der Waals surface area contributed by atoms with E-state index in [1.54, 1.807) is 6.07 Å². The highest BCUT2D eigenvalue weighted by Crippen LogP contribution is 2.41. The topological polar surface area (TPSA) is 62.6 Å². The Labute approximate surface area is 105 Å². The predicted molar refractivity (Wildman–Crippen MR) is 64.3 cm³/mol. The summed E-state index contributed by atoms with van der Waals surface area (Å²) in [4.78, 5) is 4.08. The van der Waals surface area contributed by atoms with E-state index in [0.717, 1.165) is 5.56 Å². The lowest BCUT2D eigenvalue weighted by Crippen LogP contribution is -2.43. The Balaban J connectivity index is 2.63. The van der Waals surface area contributed by atoms with Crippen molar-refractivity contribution in [1.29, 1.82) is 0 Å². The number of halogens is 1. The van der Waals surface area contributed by atoms with E-state index in [9.17, 15) is 10.2 Å². The molecule has 0 aromatic carbocycles. The normalized spacial score (nSPS) is 27.7. The molecule has 0 spiro atoms. The first kappa shape index (κ1) is 12.6. The molecule has 0 bridgehead atoms. The number of fused-ring (bicyclic) bond motifs is 1. The standard InChI is InChI=1S/C12H16ClNO3/c1-3-12(16)8-6-10(13)14-11(17-2)7(8)4-5-9(12)15/h6,9,15-16H,3-5H2,1-2H3. The second-order valence-corrected chi connectivity index (χ2v) is 4.70. The van der Waals surface area contributed by atoms with Crippen LogP contribution < -0.4 is 4.74 Å². The maximum atomic E-state index is 10.6. The van der Waals surface area contributed by atoms with Crippen molar-refractivity contribution in [3.8, 4) is 5.88 Å². The number of nitrogens with zero attached hydrogens (tertiary/aromatic N) is 1. The lowest BCUT2D eigenvalue weighted by molar-refractivity contribution is -0.0929. The molecule has 0 amide bonds. The number of rotatable bonds is 2. The van der Waals surface area contributed by atoms with Gasteiger partial charge in [0.2, 0.25) is 5.88 Å². The van der Waals surface area contributed by atoms with Gasteiger partial charge in [-0.25, -0.2) is 4.98 Å². The molecule has 2 N–H and O–H groups in total. The number of methoxy groups -OCH3 is 1. The third kappa shape index (κ3) is 1.90. The molecule has 2 rings (SSSR count). The van der Waals surface area contributed by atoms with Gasteiger partial charge in [-0.1, -0.05) is 18.5 Å². The molecule has 1 aromatic heterocycles. The number of hydrogen-bond acceptors (Lipinski definition) is 4.